The molecule has 1 saturated heterocycles. The van der Waals surface area contributed by atoms with E-state index in [9.17, 15) is 9.18 Å². The number of rotatable bonds is 2. The van der Waals surface area contributed by atoms with E-state index in [4.69, 9.17) is 11.6 Å². The van der Waals surface area contributed by atoms with Crippen LogP contribution < -0.4 is 10.6 Å². The Balaban J connectivity index is 0.00000162. The van der Waals surface area contributed by atoms with Crippen LogP contribution in [-0.2, 0) is 0 Å². The van der Waals surface area contributed by atoms with Crippen LogP contribution >= 0.6 is 24.0 Å². The highest BCUT2D eigenvalue weighted by molar-refractivity contribution is 6.31. The normalized spacial score (nSPS) is 15.9. The van der Waals surface area contributed by atoms with Gasteiger partial charge >= 0.3 is 0 Å². The molecule has 1 aliphatic heterocycles. The lowest BCUT2D eigenvalue weighted by molar-refractivity contribution is 0.0925. The third-order valence-electron chi connectivity index (χ3n) is 2.85. The van der Waals surface area contributed by atoms with Gasteiger partial charge in [0.05, 0.1) is 5.56 Å². The number of piperidine rings is 1. The molecule has 1 fully saturated rings. The number of amides is 1. The molecule has 2 rings (SSSR count). The summed E-state index contributed by atoms with van der Waals surface area (Å²) in [5.74, 6) is -0.933. The van der Waals surface area contributed by atoms with E-state index in [1.54, 1.807) is 0 Å². The molecular weight excluding hydrogens is 278 g/mol. The first-order chi connectivity index (χ1) is 8.16. The van der Waals surface area contributed by atoms with Crippen molar-refractivity contribution in [3.8, 4) is 0 Å². The highest BCUT2D eigenvalue weighted by Crippen LogP contribution is 2.15. The Kier molecular flexibility index (Phi) is 5.85. The van der Waals surface area contributed by atoms with E-state index in [2.05, 4.69) is 10.6 Å². The predicted octanol–water partition coefficient (Wildman–Crippen LogP) is 2.38. The highest BCUT2D eigenvalue weighted by atomic mass is 35.5. The smallest absolute Gasteiger partial charge is 0.254 e. The fourth-order valence-corrected chi connectivity index (χ4v) is 2.07. The van der Waals surface area contributed by atoms with E-state index >= 15 is 0 Å². The van der Waals surface area contributed by atoms with Crippen molar-refractivity contribution in [2.45, 2.75) is 18.9 Å². The first kappa shape index (κ1) is 15.2. The van der Waals surface area contributed by atoms with Crippen molar-refractivity contribution in [3.63, 3.8) is 0 Å². The van der Waals surface area contributed by atoms with Gasteiger partial charge < -0.3 is 10.6 Å². The van der Waals surface area contributed by atoms with Gasteiger partial charge in [0, 0.05) is 11.1 Å². The topological polar surface area (TPSA) is 41.1 Å². The quantitative estimate of drug-likeness (QED) is 0.879. The van der Waals surface area contributed by atoms with Crippen LogP contribution in [0.3, 0.4) is 0 Å². The van der Waals surface area contributed by atoms with E-state index in [0.29, 0.717) is 5.02 Å². The lowest BCUT2D eigenvalue weighted by Gasteiger charge is -2.23. The summed E-state index contributed by atoms with van der Waals surface area (Å²) in [7, 11) is 0. The number of benzene rings is 1. The summed E-state index contributed by atoms with van der Waals surface area (Å²) >= 11 is 5.75. The minimum Gasteiger partial charge on any atom is -0.349 e. The minimum atomic E-state index is -0.541. The van der Waals surface area contributed by atoms with E-state index in [1.165, 1.54) is 18.2 Å². The molecule has 0 atom stereocenters. The summed E-state index contributed by atoms with van der Waals surface area (Å²) in [5, 5.41) is 6.39. The molecule has 0 aliphatic carbocycles. The second kappa shape index (κ2) is 6.92. The largest absolute Gasteiger partial charge is 0.349 e. The van der Waals surface area contributed by atoms with Crippen LogP contribution in [0.5, 0.6) is 0 Å². The Bertz CT molecular complexity index is 423. The van der Waals surface area contributed by atoms with Gasteiger partial charge in [-0.1, -0.05) is 11.6 Å². The van der Waals surface area contributed by atoms with Crippen LogP contribution in [0, 0.1) is 5.82 Å². The second-order valence-corrected chi connectivity index (χ2v) is 4.56. The van der Waals surface area contributed by atoms with Crippen molar-refractivity contribution in [1.29, 1.82) is 0 Å². The molecule has 0 unspecified atom stereocenters. The molecule has 2 N–H and O–H groups in total. The maximum atomic E-state index is 13.4. The molecule has 0 aromatic heterocycles. The van der Waals surface area contributed by atoms with Gasteiger partial charge in [-0.3, -0.25) is 4.79 Å². The van der Waals surface area contributed by atoms with Crippen LogP contribution in [0.15, 0.2) is 18.2 Å². The van der Waals surface area contributed by atoms with Gasteiger partial charge in [0.1, 0.15) is 5.82 Å². The molecule has 6 heteroatoms. The first-order valence-electron chi connectivity index (χ1n) is 5.63. The fourth-order valence-electron chi connectivity index (χ4n) is 1.90. The van der Waals surface area contributed by atoms with Crippen molar-refractivity contribution in [1.82, 2.24) is 10.6 Å². The number of hydrogen-bond acceptors (Lipinski definition) is 2. The van der Waals surface area contributed by atoms with Gasteiger partial charge in [-0.15, -0.1) is 12.4 Å². The Labute approximate surface area is 116 Å². The maximum absolute atomic E-state index is 13.4. The maximum Gasteiger partial charge on any atom is 0.254 e. The van der Waals surface area contributed by atoms with Gasteiger partial charge in [-0.2, -0.15) is 0 Å². The van der Waals surface area contributed by atoms with E-state index in [1.807, 2.05) is 0 Å². The number of carbonyl (C=O) groups excluding carboxylic acids is 1. The Morgan fingerprint density at radius 3 is 2.72 bits per heavy atom. The van der Waals surface area contributed by atoms with Crippen LogP contribution in [0.1, 0.15) is 23.2 Å². The van der Waals surface area contributed by atoms with Crippen molar-refractivity contribution < 1.29 is 9.18 Å². The van der Waals surface area contributed by atoms with Crippen LogP contribution in [0.2, 0.25) is 5.02 Å². The van der Waals surface area contributed by atoms with Crippen LogP contribution in [0.4, 0.5) is 4.39 Å². The van der Waals surface area contributed by atoms with Gasteiger partial charge in [0.25, 0.3) is 5.91 Å². The predicted molar refractivity (Wildman–Crippen MR) is 72.0 cm³/mol. The SMILES string of the molecule is Cl.O=C(NC1CCNCC1)c1cc(Cl)ccc1F. The lowest BCUT2D eigenvalue weighted by Crippen LogP contribution is -2.42. The van der Waals surface area contributed by atoms with Gasteiger partial charge in [0.2, 0.25) is 0 Å². The van der Waals surface area contributed by atoms with Gasteiger partial charge in [-0.05, 0) is 44.1 Å². The van der Waals surface area contributed by atoms with Gasteiger partial charge in [0.15, 0.2) is 0 Å². The van der Waals surface area contributed by atoms with Crippen molar-refractivity contribution in [2.75, 3.05) is 13.1 Å². The molecule has 1 aromatic rings. The third-order valence-corrected chi connectivity index (χ3v) is 3.08. The Morgan fingerprint density at radius 1 is 1.39 bits per heavy atom. The molecule has 1 amide bonds. The summed E-state index contributed by atoms with van der Waals surface area (Å²) in [6.45, 7) is 1.76. The van der Waals surface area contributed by atoms with Crippen LogP contribution in [-0.4, -0.2) is 25.0 Å². The zero-order valence-corrected chi connectivity index (χ0v) is 11.3. The van der Waals surface area contributed by atoms with Crippen molar-refractivity contribution in [2.24, 2.45) is 0 Å². The zero-order chi connectivity index (χ0) is 12.3. The average molecular weight is 293 g/mol. The molecule has 1 heterocycles. The molecule has 18 heavy (non-hydrogen) atoms. The van der Waals surface area contributed by atoms with Gasteiger partial charge in [-0.25, -0.2) is 4.39 Å². The fraction of sp³-hybridized carbons (Fsp3) is 0.417. The van der Waals surface area contributed by atoms with E-state index in [0.717, 1.165) is 25.9 Å². The summed E-state index contributed by atoms with van der Waals surface area (Å²) in [4.78, 5) is 11.9. The number of nitrogens with one attached hydrogen (secondary N) is 2. The molecular formula is C12H15Cl2FN2O. The molecule has 1 aromatic carbocycles. The number of carbonyl (C=O) groups is 1. The molecule has 100 valence electrons. The summed E-state index contributed by atoms with van der Waals surface area (Å²) in [6, 6.07) is 4.10. The first-order valence-corrected chi connectivity index (χ1v) is 6.01. The minimum absolute atomic E-state index is 0. The van der Waals surface area contributed by atoms with E-state index in [-0.39, 0.29) is 24.0 Å². The highest BCUT2D eigenvalue weighted by Gasteiger charge is 2.18. The molecule has 0 bridgehead atoms. The lowest BCUT2D eigenvalue weighted by atomic mass is 10.1. The second-order valence-electron chi connectivity index (χ2n) is 4.12. The van der Waals surface area contributed by atoms with E-state index < -0.39 is 11.7 Å². The number of halogens is 3. The Hall–Kier alpha value is -0.840. The van der Waals surface area contributed by atoms with Crippen molar-refractivity contribution in [3.05, 3.63) is 34.6 Å². The summed E-state index contributed by atoms with van der Waals surface area (Å²) in [5.41, 5.74) is 0.0102. The third kappa shape index (κ3) is 3.83. The monoisotopic (exact) mass is 292 g/mol. The van der Waals surface area contributed by atoms with Crippen molar-refractivity contribution >= 4 is 29.9 Å². The summed E-state index contributed by atoms with van der Waals surface area (Å²) in [6.07, 6.45) is 1.74. The molecule has 0 spiro atoms. The molecule has 1 aliphatic rings. The molecule has 0 saturated carbocycles. The standard InChI is InChI=1S/C12H14ClFN2O.ClH/c13-8-1-2-11(14)10(7-8)12(17)16-9-3-5-15-6-4-9;/h1-2,7,9,15H,3-6H2,(H,16,17);1H. The zero-order valence-electron chi connectivity index (χ0n) is 9.71. The Morgan fingerprint density at radius 2 is 2.06 bits per heavy atom. The van der Waals surface area contributed by atoms with Crippen LogP contribution in [0.25, 0.3) is 0 Å². The summed E-state index contributed by atoms with van der Waals surface area (Å²) < 4.78 is 13.4. The number of hydrogen-bond donors (Lipinski definition) is 2. The average Bonchev–Trinajstić information content (AvgIpc) is 2.33. The molecule has 3 nitrogen and oxygen atoms in total. The molecule has 0 radical (unpaired) electrons.